The fourth-order valence-corrected chi connectivity index (χ4v) is 2.25. The number of nitrogens with zero attached hydrogens (tertiary/aromatic N) is 3. The Kier molecular flexibility index (Phi) is 5.96. The van der Waals surface area contributed by atoms with Crippen LogP contribution < -0.4 is 9.57 Å². The molecule has 0 atom stereocenters. The molecule has 126 valence electrons. The number of rotatable bonds is 7. The van der Waals surface area contributed by atoms with Gasteiger partial charge in [-0.3, -0.25) is 0 Å². The zero-order chi connectivity index (χ0) is 17.5. The predicted molar refractivity (Wildman–Crippen MR) is 88.7 cm³/mol. The SMILES string of the molecule is CCCC(=O)On1nc(CC)c(Oc2ccc(C#N)cc2)c1CC. The third-order valence-corrected chi connectivity index (χ3v) is 3.48. The molecule has 0 spiro atoms. The van der Waals surface area contributed by atoms with E-state index in [0.717, 1.165) is 12.1 Å². The summed E-state index contributed by atoms with van der Waals surface area (Å²) in [7, 11) is 0. The third-order valence-electron chi connectivity index (χ3n) is 3.48. The molecule has 6 heteroatoms. The highest BCUT2D eigenvalue weighted by molar-refractivity contribution is 5.69. The molecule has 1 aromatic heterocycles. The quantitative estimate of drug-likeness (QED) is 0.778. The van der Waals surface area contributed by atoms with Gasteiger partial charge in [0.15, 0.2) is 5.75 Å². The van der Waals surface area contributed by atoms with Crippen LogP contribution in [-0.4, -0.2) is 15.9 Å². The van der Waals surface area contributed by atoms with Crippen LogP contribution in [0.2, 0.25) is 0 Å². The summed E-state index contributed by atoms with van der Waals surface area (Å²) in [4.78, 5) is 18.4. The Labute approximate surface area is 141 Å². The fourth-order valence-electron chi connectivity index (χ4n) is 2.25. The van der Waals surface area contributed by atoms with Gasteiger partial charge in [-0.2, -0.15) is 5.26 Å². The van der Waals surface area contributed by atoms with E-state index in [1.807, 2.05) is 20.8 Å². The van der Waals surface area contributed by atoms with Gasteiger partial charge in [0.1, 0.15) is 17.1 Å². The Morgan fingerprint density at radius 3 is 2.46 bits per heavy atom. The second kappa shape index (κ2) is 8.16. The van der Waals surface area contributed by atoms with Crippen molar-refractivity contribution in [3.63, 3.8) is 0 Å². The number of ether oxygens (including phenoxy) is 1. The minimum Gasteiger partial charge on any atom is -0.453 e. The number of hydrogen-bond acceptors (Lipinski definition) is 5. The molecule has 0 aliphatic carbocycles. The van der Waals surface area contributed by atoms with Gasteiger partial charge in [-0.25, -0.2) is 4.79 Å². The molecule has 0 aliphatic heterocycles. The smallest absolute Gasteiger partial charge is 0.334 e. The maximum absolute atomic E-state index is 11.8. The fraction of sp³-hybridized carbons (Fsp3) is 0.389. The summed E-state index contributed by atoms with van der Waals surface area (Å²) in [6, 6.07) is 8.92. The molecule has 1 aromatic carbocycles. The van der Waals surface area contributed by atoms with Gasteiger partial charge < -0.3 is 9.57 Å². The van der Waals surface area contributed by atoms with E-state index in [-0.39, 0.29) is 5.97 Å². The number of benzene rings is 1. The second-order valence-electron chi connectivity index (χ2n) is 5.25. The topological polar surface area (TPSA) is 77.1 Å². The number of carbonyl (C=O) groups excluding carboxylic acids is 1. The van der Waals surface area contributed by atoms with Crippen LogP contribution in [0.1, 0.15) is 50.6 Å². The summed E-state index contributed by atoms with van der Waals surface area (Å²) in [5.41, 5.74) is 2.00. The standard InChI is InChI=1S/C18H21N3O3/c1-4-7-17(22)24-21-16(6-3)18(15(5-2)20-21)23-14-10-8-13(12-19)9-11-14/h8-11H,4-7H2,1-3H3. The molecule has 0 bridgehead atoms. The summed E-state index contributed by atoms with van der Waals surface area (Å²) in [6.07, 6.45) is 2.32. The maximum Gasteiger partial charge on any atom is 0.334 e. The maximum atomic E-state index is 11.8. The number of aryl methyl sites for hydroxylation is 1. The highest BCUT2D eigenvalue weighted by Gasteiger charge is 2.20. The molecule has 0 N–H and O–H groups in total. The molecule has 1 heterocycles. The van der Waals surface area contributed by atoms with Crippen molar-refractivity contribution in [3.05, 3.63) is 41.2 Å². The number of aromatic nitrogens is 2. The molecule has 2 rings (SSSR count). The first-order valence-electron chi connectivity index (χ1n) is 8.12. The van der Waals surface area contributed by atoms with Gasteiger partial charge >= 0.3 is 5.97 Å². The van der Waals surface area contributed by atoms with E-state index < -0.39 is 0 Å². The second-order valence-corrected chi connectivity index (χ2v) is 5.25. The molecule has 0 fully saturated rings. The van der Waals surface area contributed by atoms with E-state index in [4.69, 9.17) is 14.8 Å². The van der Waals surface area contributed by atoms with E-state index in [2.05, 4.69) is 11.2 Å². The zero-order valence-corrected chi connectivity index (χ0v) is 14.2. The first kappa shape index (κ1) is 17.5. The van der Waals surface area contributed by atoms with Gasteiger partial charge in [-0.1, -0.05) is 25.6 Å². The average Bonchev–Trinajstić information content (AvgIpc) is 2.92. The van der Waals surface area contributed by atoms with Gasteiger partial charge in [-0.05, 0) is 43.5 Å². The molecule has 0 saturated heterocycles. The lowest BCUT2D eigenvalue weighted by molar-refractivity contribution is -0.146. The van der Waals surface area contributed by atoms with Gasteiger partial charge in [-0.15, -0.1) is 5.10 Å². The summed E-state index contributed by atoms with van der Waals surface area (Å²) in [5, 5.41) is 13.2. The molecule has 0 radical (unpaired) electrons. The van der Waals surface area contributed by atoms with Gasteiger partial charge in [0.25, 0.3) is 0 Å². The Hall–Kier alpha value is -2.81. The molecule has 6 nitrogen and oxygen atoms in total. The molecule has 0 amide bonds. The van der Waals surface area contributed by atoms with Crippen molar-refractivity contribution in [3.8, 4) is 17.6 Å². The van der Waals surface area contributed by atoms with Crippen molar-refractivity contribution in [1.29, 1.82) is 5.26 Å². The minimum atomic E-state index is -0.317. The van der Waals surface area contributed by atoms with Crippen LogP contribution >= 0.6 is 0 Å². The van der Waals surface area contributed by atoms with Gasteiger partial charge in [0.05, 0.1) is 11.6 Å². The molecule has 0 unspecified atom stereocenters. The molecule has 24 heavy (non-hydrogen) atoms. The highest BCUT2D eigenvalue weighted by Crippen LogP contribution is 2.30. The van der Waals surface area contributed by atoms with Crippen LogP contribution in [0, 0.1) is 11.3 Å². The first-order valence-corrected chi connectivity index (χ1v) is 8.12. The lowest BCUT2D eigenvalue weighted by Crippen LogP contribution is -2.22. The van der Waals surface area contributed by atoms with Crippen LogP contribution in [0.3, 0.4) is 0 Å². The van der Waals surface area contributed by atoms with Crippen molar-refractivity contribution in [2.24, 2.45) is 0 Å². The van der Waals surface area contributed by atoms with Crippen LogP contribution in [0.4, 0.5) is 0 Å². The molecular formula is C18H21N3O3. The molecule has 0 saturated carbocycles. The van der Waals surface area contributed by atoms with Crippen molar-refractivity contribution < 1.29 is 14.4 Å². The summed E-state index contributed by atoms with van der Waals surface area (Å²) in [5.74, 6) is 0.897. The molecular weight excluding hydrogens is 306 g/mol. The normalized spacial score (nSPS) is 10.2. The van der Waals surface area contributed by atoms with E-state index in [0.29, 0.717) is 42.0 Å². The van der Waals surface area contributed by atoms with Crippen molar-refractivity contribution in [2.45, 2.75) is 46.5 Å². The predicted octanol–water partition coefficient (Wildman–Crippen LogP) is 3.43. The highest BCUT2D eigenvalue weighted by atomic mass is 16.7. The number of nitriles is 1. The van der Waals surface area contributed by atoms with E-state index in [9.17, 15) is 4.79 Å². The molecule has 0 aliphatic rings. The van der Waals surface area contributed by atoms with E-state index in [1.165, 1.54) is 4.85 Å². The molecule has 2 aromatic rings. The summed E-state index contributed by atoms with van der Waals surface area (Å²) < 4.78 is 5.96. The van der Waals surface area contributed by atoms with Crippen molar-refractivity contribution in [2.75, 3.05) is 0 Å². The van der Waals surface area contributed by atoms with E-state index in [1.54, 1.807) is 24.3 Å². The van der Waals surface area contributed by atoms with Crippen LogP contribution in [0.15, 0.2) is 24.3 Å². The Morgan fingerprint density at radius 2 is 1.92 bits per heavy atom. The van der Waals surface area contributed by atoms with Crippen LogP contribution in [-0.2, 0) is 17.6 Å². The summed E-state index contributed by atoms with van der Waals surface area (Å²) >= 11 is 0. The van der Waals surface area contributed by atoms with Crippen molar-refractivity contribution in [1.82, 2.24) is 9.94 Å². The Morgan fingerprint density at radius 1 is 1.21 bits per heavy atom. The zero-order valence-electron chi connectivity index (χ0n) is 14.2. The number of hydrogen-bond donors (Lipinski definition) is 0. The lowest BCUT2D eigenvalue weighted by Gasteiger charge is -2.09. The van der Waals surface area contributed by atoms with E-state index >= 15 is 0 Å². The lowest BCUT2D eigenvalue weighted by atomic mass is 10.2. The minimum absolute atomic E-state index is 0.317. The van der Waals surface area contributed by atoms with Crippen LogP contribution in [0.5, 0.6) is 11.5 Å². The first-order chi connectivity index (χ1) is 11.6. The Balaban J connectivity index is 2.31. The van der Waals surface area contributed by atoms with Crippen LogP contribution in [0.25, 0.3) is 0 Å². The Bertz CT molecular complexity index is 742. The summed E-state index contributed by atoms with van der Waals surface area (Å²) in [6.45, 7) is 5.83. The number of carbonyl (C=O) groups is 1. The van der Waals surface area contributed by atoms with Gasteiger partial charge in [0, 0.05) is 6.42 Å². The van der Waals surface area contributed by atoms with Gasteiger partial charge in [0.2, 0.25) is 0 Å². The average molecular weight is 327 g/mol. The monoisotopic (exact) mass is 327 g/mol. The largest absolute Gasteiger partial charge is 0.453 e. The van der Waals surface area contributed by atoms with Crippen molar-refractivity contribution >= 4 is 5.97 Å². The third kappa shape index (κ3) is 3.93.